The fourth-order valence-corrected chi connectivity index (χ4v) is 1.63. The van der Waals surface area contributed by atoms with Gasteiger partial charge >= 0.3 is 6.09 Å². The fraction of sp³-hybridized carbons (Fsp3) is 0.154. The first kappa shape index (κ1) is 12.8. The number of hydrogen-bond acceptors (Lipinski definition) is 4. The highest BCUT2D eigenvalue weighted by Gasteiger charge is 2.16. The van der Waals surface area contributed by atoms with Gasteiger partial charge in [-0.25, -0.2) is 4.79 Å². The van der Waals surface area contributed by atoms with E-state index in [1.165, 1.54) is 12.2 Å². The van der Waals surface area contributed by atoms with Gasteiger partial charge in [0.1, 0.15) is 5.75 Å². The van der Waals surface area contributed by atoms with Crippen LogP contribution < -0.4 is 10.1 Å². The topological polar surface area (TPSA) is 81.5 Å². The molecule has 19 heavy (non-hydrogen) atoms. The van der Waals surface area contributed by atoms with Crippen LogP contribution in [0.4, 0.5) is 4.79 Å². The zero-order valence-corrected chi connectivity index (χ0v) is 10.0. The molecule has 6 heteroatoms. The van der Waals surface area contributed by atoms with E-state index in [0.717, 1.165) is 0 Å². The van der Waals surface area contributed by atoms with E-state index in [2.05, 4.69) is 5.32 Å². The average molecular weight is 260 g/mol. The highest BCUT2D eigenvalue weighted by Crippen LogP contribution is 2.17. The van der Waals surface area contributed by atoms with E-state index in [1.807, 2.05) is 6.07 Å². The van der Waals surface area contributed by atoms with Gasteiger partial charge in [-0.2, -0.15) is 0 Å². The first-order valence-electron chi connectivity index (χ1n) is 5.73. The van der Waals surface area contributed by atoms with E-state index in [-0.39, 0.29) is 5.70 Å². The van der Waals surface area contributed by atoms with E-state index in [0.29, 0.717) is 24.3 Å². The van der Waals surface area contributed by atoms with Crippen molar-refractivity contribution < 1.29 is 14.5 Å². The van der Waals surface area contributed by atoms with Gasteiger partial charge in [0.25, 0.3) is 0 Å². The number of nitro groups is 1. The van der Waals surface area contributed by atoms with E-state index in [9.17, 15) is 14.9 Å². The summed E-state index contributed by atoms with van der Waals surface area (Å²) < 4.78 is 5.05. The lowest BCUT2D eigenvalue weighted by atomic mass is 10.1. The summed E-state index contributed by atoms with van der Waals surface area (Å²) in [6.45, 7) is 0. The number of amides is 1. The van der Waals surface area contributed by atoms with Crippen molar-refractivity contribution in [2.24, 2.45) is 0 Å². The predicted octanol–water partition coefficient (Wildman–Crippen LogP) is 2.61. The maximum absolute atomic E-state index is 11.6. The van der Waals surface area contributed by atoms with Crippen LogP contribution in [0.15, 0.2) is 53.9 Å². The fourth-order valence-electron chi connectivity index (χ4n) is 1.63. The van der Waals surface area contributed by atoms with Crippen molar-refractivity contribution in [3.63, 3.8) is 0 Å². The predicted molar refractivity (Wildman–Crippen MR) is 68.0 cm³/mol. The van der Waals surface area contributed by atoms with Gasteiger partial charge < -0.3 is 4.74 Å². The molecule has 98 valence electrons. The van der Waals surface area contributed by atoms with Crippen molar-refractivity contribution in [2.45, 2.75) is 12.8 Å². The highest BCUT2D eigenvalue weighted by atomic mass is 16.6. The molecule has 0 heterocycles. The lowest BCUT2D eigenvalue weighted by Gasteiger charge is -2.11. The van der Waals surface area contributed by atoms with E-state index in [4.69, 9.17) is 4.74 Å². The van der Waals surface area contributed by atoms with E-state index < -0.39 is 11.0 Å². The van der Waals surface area contributed by atoms with Crippen LogP contribution in [-0.2, 0) is 0 Å². The normalized spacial score (nSPS) is 14.1. The number of nitrogens with one attached hydrogen (secondary N) is 1. The summed E-state index contributed by atoms with van der Waals surface area (Å²) in [6.07, 6.45) is 3.02. The molecule has 0 bridgehead atoms. The molecule has 0 aliphatic heterocycles. The molecule has 0 fully saturated rings. The number of nitrogens with zero attached hydrogens (tertiary/aromatic N) is 1. The number of carbonyl (C=O) groups excluding carboxylic acids is 1. The third-order valence-corrected chi connectivity index (χ3v) is 2.58. The first-order chi connectivity index (χ1) is 9.15. The Bertz CT molecular complexity index is 549. The molecule has 6 nitrogen and oxygen atoms in total. The van der Waals surface area contributed by atoms with Crippen LogP contribution in [0.2, 0.25) is 0 Å². The summed E-state index contributed by atoms with van der Waals surface area (Å²) in [5.41, 5.74) is 0.744. The molecule has 0 radical (unpaired) electrons. The molecule has 1 aromatic rings. The van der Waals surface area contributed by atoms with Crippen LogP contribution in [0.3, 0.4) is 0 Å². The molecule has 1 aliphatic rings. The van der Waals surface area contributed by atoms with Crippen molar-refractivity contribution in [1.29, 1.82) is 0 Å². The Morgan fingerprint density at radius 2 is 1.95 bits per heavy atom. The summed E-state index contributed by atoms with van der Waals surface area (Å²) in [5.74, 6) is 0.443. The zero-order valence-electron chi connectivity index (χ0n) is 10.0. The Kier molecular flexibility index (Phi) is 3.92. The maximum Gasteiger partial charge on any atom is 0.416 e. The number of carbonyl (C=O) groups is 1. The molecule has 1 aromatic carbocycles. The zero-order chi connectivity index (χ0) is 13.7. The van der Waals surface area contributed by atoms with Gasteiger partial charge in [0, 0.05) is 18.2 Å². The summed E-state index contributed by atoms with van der Waals surface area (Å²) in [4.78, 5) is 21.7. The Labute approximate surface area is 109 Å². The van der Waals surface area contributed by atoms with Crippen molar-refractivity contribution in [3.05, 3.63) is 64.0 Å². The lowest BCUT2D eigenvalue weighted by Crippen LogP contribution is -2.27. The van der Waals surface area contributed by atoms with Gasteiger partial charge in [-0.05, 0) is 24.6 Å². The van der Waals surface area contributed by atoms with Crippen molar-refractivity contribution in [1.82, 2.24) is 5.32 Å². The maximum atomic E-state index is 11.6. The second-order valence-electron chi connectivity index (χ2n) is 3.93. The van der Waals surface area contributed by atoms with Gasteiger partial charge in [-0.1, -0.05) is 18.2 Å². The number of hydrogen-bond donors (Lipinski definition) is 1. The number of ether oxygens (including phenoxy) is 1. The largest absolute Gasteiger partial charge is 0.416 e. The van der Waals surface area contributed by atoms with Gasteiger partial charge in [-0.15, -0.1) is 0 Å². The minimum atomic E-state index is -0.601. The molecule has 0 saturated heterocycles. The Hall–Kier alpha value is -2.63. The number of para-hydroxylation sites is 1. The van der Waals surface area contributed by atoms with Crippen LogP contribution in [-0.4, -0.2) is 11.0 Å². The van der Waals surface area contributed by atoms with Crippen LogP contribution in [0.25, 0.3) is 0 Å². The van der Waals surface area contributed by atoms with Crippen LogP contribution in [0, 0.1) is 10.1 Å². The monoisotopic (exact) mass is 260 g/mol. The molecule has 0 spiro atoms. The second-order valence-corrected chi connectivity index (χ2v) is 3.93. The second kappa shape index (κ2) is 5.81. The van der Waals surface area contributed by atoms with E-state index >= 15 is 0 Å². The minimum Gasteiger partial charge on any atom is -0.410 e. The minimum absolute atomic E-state index is 0.141. The Morgan fingerprint density at radius 3 is 2.53 bits per heavy atom. The highest BCUT2D eigenvalue weighted by molar-refractivity contribution is 5.72. The molecular weight excluding hydrogens is 248 g/mol. The summed E-state index contributed by atoms with van der Waals surface area (Å²) in [7, 11) is 0. The van der Waals surface area contributed by atoms with Crippen molar-refractivity contribution >= 4 is 6.09 Å². The standard InChI is InChI=1S/C13H12N2O4/c16-13(19-12-4-2-1-3-5-12)14-10-6-8-11(9-7-10)15(17)18/h1-6,8H,7,9H2,(H,14,16). The smallest absolute Gasteiger partial charge is 0.410 e. The molecule has 1 N–H and O–H groups in total. The van der Waals surface area contributed by atoms with Gasteiger partial charge in [0.05, 0.1) is 4.92 Å². The molecule has 0 unspecified atom stereocenters. The Morgan fingerprint density at radius 1 is 1.21 bits per heavy atom. The Balaban J connectivity index is 1.92. The number of allylic oxidation sites excluding steroid dienone is 4. The number of benzene rings is 1. The molecule has 0 saturated carbocycles. The van der Waals surface area contributed by atoms with E-state index in [1.54, 1.807) is 24.3 Å². The SMILES string of the molecule is O=C(NC1=CC=C([N+](=O)[O-])CC1)Oc1ccccc1. The molecule has 0 aromatic heterocycles. The van der Waals surface area contributed by atoms with Gasteiger partial charge in [0.15, 0.2) is 0 Å². The van der Waals surface area contributed by atoms with Crippen molar-refractivity contribution in [3.8, 4) is 5.75 Å². The molecule has 1 amide bonds. The average Bonchev–Trinajstić information content (AvgIpc) is 2.40. The van der Waals surface area contributed by atoms with Gasteiger partial charge in [0.2, 0.25) is 5.70 Å². The summed E-state index contributed by atoms with van der Waals surface area (Å²) in [5, 5.41) is 13.1. The molecular formula is C13H12N2O4. The molecule has 1 aliphatic carbocycles. The van der Waals surface area contributed by atoms with Crippen molar-refractivity contribution in [2.75, 3.05) is 0 Å². The third-order valence-electron chi connectivity index (χ3n) is 2.58. The third kappa shape index (κ3) is 3.67. The van der Waals surface area contributed by atoms with Crippen LogP contribution in [0.1, 0.15) is 12.8 Å². The van der Waals surface area contributed by atoms with Crippen LogP contribution >= 0.6 is 0 Å². The first-order valence-corrected chi connectivity index (χ1v) is 5.73. The lowest BCUT2D eigenvalue weighted by molar-refractivity contribution is -0.428. The van der Waals surface area contributed by atoms with Crippen LogP contribution in [0.5, 0.6) is 5.75 Å². The summed E-state index contributed by atoms with van der Waals surface area (Å²) >= 11 is 0. The molecule has 2 rings (SSSR count). The molecule has 0 atom stereocenters. The quantitative estimate of drug-likeness (QED) is 0.669. The summed E-state index contributed by atoms with van der Waals surface area (Å²) in [6, 6.07) is 8.67. The van der Waals surface area contributed by atoms with Gasteiger partial charge in [-0.3, -0.25) is 15.4 Å². The number of rotatable bonds is 3.